The van der Waals surface area contributed by atoms with Crippen LogP contribution >= 0.6 is 0 Å². The van der Waals surface area contributed by atoms with Crippen molar-refractivity contribution in [2.75, 3.05) is 13.2 Å². The lowest BCUT2D eigenvalue weighted by molar-refractivity contribution is -0.143. The van der Waals surface area contributed by atoms with Crippen LogP contribution in [0.15, 0.2) is 0 Å². The zero-order chi connectivity index (χ0) is 57.8. The van der Waals surface area contributed by atoms with E-state index < -0.39 is 12.1 Å². The monoisotopic (exact) mass is 1130 g/mol. The number of ether oxygens (including phenoxy) is 1. The summed E-state index contributed by atoms with van der Waals surface area (Å²) < 4.78 is 5.51. The molecule has 0 fully saturated rings. The van der Waals surface area contributed by atoms with Gasteiger partial charge < -0.3 is 20.3 Å². The van der Waals surface area contributed by atoms with Gasteiger partial charge in [0.1, 0.15) is 0 Å². The van der Waals surface area contributed by atoms with Gasteiger partial charge in [0.05, 0.1) is 25.4 Å². The molecule has 1 amide bonds. The van der Waals surface area contributed by atoms with E-state index in [-0.39, 0.29) is 18.5 Å². The Kier molecular flexibility index (Phi) is 69.3. The van der Waals surface area contributed by atoms with Crippen LogP contribution in [0.4, 0.5) is 0 Å². The minimum atomic E-state index is -0.660. The lowest BCUT2D eigenvalue weighted by atomic mass is 10.0. The maximum atomic E-state index is 12.5. The lowest BCUT2D eigenvalue weighted by Gasteiger charge is -2.22. The Bertz CT molecular complexity index is 1160. The number of carbonyl (C=O) groups excluding carboxylic acids is 2. The summed E-state index contributed by atoms with van der Waals surface area (Å²) in [6.07, 6.45) is 86.0. The molecule has 0 saturated carbocycles. The fourth-order valence-electron chi connectivity index (χ4n) is 12.2. The number of carbonyl (C=O) groups is 2. The number of aliphatic hydroxyl groups is 2. The van der Waals surface area contributed by atoms with Crippen LogP contribution in [0.1, 0.15) is 438 Å². The SMILES string of the molecule is CCCCCCCCCCCCCCCCCCC(=O)OCCCCCCCCCCCCCCCCCCCCCCCCCCCCCCCCCC(=O)NC(CO)C(O)CCCCCCCCCCCCCCCCCC. The molecule has 3 N–H and O–H groups in total. The zero-order valence-corrected chi connectivity index (χ0v) is 54.9. The van der Waals surface area contributed by atoms with Crippen LogP contribution in [0.3, 0.4) is 0 Å². The van der Waals surface area contributed by atoms with E-state index in [1.807, 2.05) is 0 Å². The largest absolute Gasteiger partial charge is 0.466 e. The first-order valence-electron chi connectivity index (χ1n) is 37.3. The molecule has 0 aromatic heterocycles. The molecular formula is C74H147NO5. The Labute approximate surface area is 502 Å². The molecule has 0 aromatic carbocycles. The van der Waals surface area contributed by atoms with Crippen molar-refractivity contribution in [3.05, 3.63) is 0 Å². The zero-order valence-electron chi connectivity index (χ0n) is 54.9. The first-order chi connectivity index (χ1) is 39.5. The van der Waals surface area contributed by atoms with Crippen molar-refractivity contribution >= 4 is 11.9 Å². The molecule has 2 atom stereocenters. The van der Waals surface area contributed by atoms with Crippen LogP contribution in [0.5, 0.6) is 0 Å². The van der Waals surface area contributed by atoms with Crippen molar-refractivity contribution in [1.82, 2.24) is 5.32 Å². The molecule has 0 saturated heterocycles. The summed E-state index contributed by atoms with van der Waals surface area (Å²) in [4.78, 5) is 24.6. The molecule has 0 aliphatic rings. The van der Waals surface area contributed by atoms with Gasteiger partial charge in [-0.25, -0.2) is 0 Å². The smallest absolute Gasteiger partial charge is 0.305 e. The van der Waals surface area contributed by atoms with Crippen molar-refractivity contribution < 1.29 is 24.5 Å². The summed E-state index contributed by atoms with van der Waals surface area (Å²) in [6.45, 7) is 5.01. The molecular weight excluding hydrogens is 983 g/mol. The highest BCUT2D eigenvalue weighted by Crippen LogP contribution is 2.20. The van der Waals surface area contributed by atoms with Gasteiger partial charge >= 0.3 is 5.97 Å². The molecule has 0 rings (SSSR count). The number of aliphatic hydroxyl groups excluding tert-OH is 2. The van der Waals surface area contributed by atoms with Crippen LogP contribution in [-0.2, 0) is 14.3 Å². The Morgan fingerprint density at radius 2 is 0.512 bits per heavy atom. The molecule has 0 bridgehead atoms. The number of hydrogen-bond donors (Lipinski definition) is 3. The average Bonchev–Trinajstić information content (AvgIpc) is 3.46. The van der Waals surface area contributed by atoms with E-state index in [2.05, 4.69) is 19.2 Å². The number of esters is 1. The summed E-state index contributed by atoms with van der Waals surface area (Å²) >= 11 is 0. The summed E-state index contributed by atoms with van der Waals surface area (Å²) in [7, 11) is 0. The van der Waals surface area contributed by atoms with Gasteiger partial charge in [0.25, 0.3) is 0 Å². The van der Waals surface area contributed by atoms with Gasteiger partial charge in [-0.2, -0.15) is 0 Å². The van der Waals surface area contributed by atoms with Crippen LogP contribution in [-0.4, -0.2) is 47.4 Å². The predicted octanol–water partition coefficient (Wildman–Crippen LogP) is 24.2. The third kappa shape index (κ3) is 66.0. The van der Waals surface area contributed by atoms with Crippen molar-refractivity contribution in [1.29, 1.82) is 0 Å². The molecule has 6 heteroatoms. The summed E-state index contributed by atoms with van der Waals surface area (Å²) in [5.74, 6) is -0.000837. The number of hydrogen-bond acceptors (Lipinski definition) is 5. The quantitative estimate of drug-likeness (QED) is 0.0417. The van der Waals surface area contributed by atoms with Gasteiger partial charge in [-0.15, -0.1) is 0 Å². The molecule has 2 unspecified atom stereocenters. The number of unbranched alkanes of at least 4 members (excludes halogenated alkanes) is 60. The van der Waals surface area contributed by atoms with E-state index in [0.717, 1.165) is 38.5 Å². The van der Waals surface area contributed by atoms with Crippen molar-refractivity contribution in [2.45, 2.75) is 450 Å². The van der Waals surface area contributed by atoms with Crippen molar-refractivity contribution in [3.63, 3.8) is 0 Å². The first-order valence-corrected chi connectivity index (χ1v) is 37.3. The highest BCUT2D eigenvalue weighted by Gasteiger charge is 2.20. The van der Waals surface area contributed by atoms with Gasteiger partial charge in [0, 0.05) is 12.8 Å². The molecule has 0 aliphatic carbocycles. The minimum Gasteiger partial charge on any atom is -0.466 e. The van der Waals surface area contributed by atoms with Crippen LogP contribution in [0.2, 0.25) is 0 Å². The average molecular weight is 1130 g/mol. The van der Waals surface area contributed by atoms with Gasteiger partial charge in [-0.1, -0.05) is 399 Å². The Hall–Kier alpha value is -1.14. The highest BCUT2D eigenvalue weighted by atomic mass is 16.5. The van der Waals surface area contributed by atoms with Gasteiger partial charge in [-0.3, -0.25) is 9.59 Å². The first kappa shape index (κ1) is 78.9. The Balaban J connectivity index is 3.30. The normalized spacial score (nSPS) is 12.4. The summed E-state index contributed by atoms with van der Waals surface area (Å²) in [5, 5.41) is 23.4. The third-order valence-electron chi connectivity index (χ3n) is 17.9. The molecule has 0 aliphatic heterocycles. The van der Waals surface area contributed by atoms with E-state index >= 15 is 0 Å². The lowest BCUT2D eigenvalue weighted by Crippen LogP contribution is -2.45. The number of nitrogens with one attached hydrogen (secondary N) is 1. The van der Waals surface area contributed by atoms with Gasteiger partial charge in [0.15, 0.2) is 0 Å². The maximum Gasteiger partial charge on any atom is 0.305 e. The van der Waals surface area contributed by atoms with E-state index in [1.165, 1.54) is 366 Å². The minimum absolute atomic E-state index is 0.0255. The van der Waals surface area contributed by atoms with Crippen molar-refractivity contribution in [3.8, 4) is 0 Å². The fourth-order valence-corrected chi connectivity index (χ4v) is 12.2. The van der Waals surface area contributed by atoms with Crippen LogP contribution in [0, 0.1) is 0 Å². The molecule has 0 aromatic rings. The Morgan fingerprint density at radius 3 is 0.762 bits per heavy atom. The second-order valence-corrected chi connectivity index (χ2v) is 26.0. The highest BCUT2D eigenvalue weighted by molar-refractivity contribution is 5.76. The molecule has 0 spiro atoms. The van der Waals surface area contributed by atoms with E-state index in [1.54, 1.807) is 0 Å². The molecule has 0 radical (unpaired) electrons. The predicted molar refractivity (Wildman–Crippen MR) is 352 cm³/mol. The number of rotatable bonds is 71. The standard InChI is InChI=1S/C74H147NO5/c1-3-5-7-9-11-13-15-17-19-38-42-46-50-54-58-62-66-72(77)71(70-76)75-73(78)67-63-59-55-51-47-43-39-36-34-32-30-28-26-24-22-21-23-25-27-29-31-33-35-37-41-45-49-53-57-61-65-69-80-74(79)68-64-60-56-52-48-44-40-20-18-16-14-12-10-8-6-4-2/h71-72,76-77H,3-70H2,1-2H3,(H,75,78). The fraction of sp³-hybridized carbons (Fsp3) is 0.973. The number of amides is 1. The summed E-state index contributed by atoms with van der Waals surface area (Å²) in [6, 6.07) is -0.537. The Morgan fingerprint density at radius 1 is 0.300 bits per heavy atom. The van der Waals surface area contributed by atoms with E-state index in [9.17, 15) is 19.8 Å². The van der Waals surface area contributed by atoms with Crippen LogP contribution < -0.4 is 5.32 Å². The molecule has 478 valence electrons. The van der Waals surface area contributed by atoms with E-state index in [0.29, 0.717) is 25.9 Å². The topological polar surface area (TPSA) is 95.9 Å². The molecule has 80 heavy (non-hydrogen) atoms. The van der Waals surface area contributed by atoms with Crippen LogP contribution in [0.25, 0.3) is 0 Å². The van der Waals surface area contributed by atoms with Gasteiger partial charge in [0.2, 0.25) is 5.91 Å². The molecule has 6 nitrogen and oxygen atoms in total. The maximum absolute atomic E-state index is 12.5. The second kappa shape index (κ2) is 70.3. The second-order valence-electron chi connectivity index (χ2n) is 26.0. The van der Waals surface area contributed by atoms with Gasteiger partial charge in [-0.05, 0) is 25.7 Å². The van der Waals surface area contributed by atoms with E-state index in [4.69, 9.17) is 4.74 Å². The molecule has 0 heterocycles. The third-order valence-corrected chi connectivity index (χ3v) is 17.9. The van der Waals surface area contributed by atoms with Crippen molar-refractivity contribution in [2.24, 2.45) is 0 Å². The summed E-state index contributed by atoms with van der Waals surface area (Å²) in [5.41, 5.74) is 0.